The Morgan fingerprint density at radius 1 is 1.22 bits per heavy atom. The van der Waals surface area contributed by atoms with Gasteiger partial charge in [0, 0.05) is 12.1 Å². The molecule has 1 aromatic carbocycles. The molecular weight excluding hydrogens is 250 g/mol. The topological polar surface area (TPSA) is 56.3 Å². The summed E-state index contributed by atoms with van der Waals surface area (Å²) in [6.45, 7) is 2.55. The Kier molecular flexibility index (Phi) is 3.99. The van der Waals surface area contributed by atoms with E-state index < -0.39 is 0 Å². The summed E-state index contributed by atoms with van der Waals surface area (Å²) in [4.78, 5) is 0. The van der Waals surface area contributed by atoms with Crippen molar-refractivity contribution in [3.8, 4) is 11.5 Å². The Labute approximate surface area is 110 Å². The van der Waals surface area contributed by atoms with E-state index in [1.165, 1.54) is 11.3 Å². The Bertz CT molecular complexity index is 528. The number of methoxy groups -OCH3 is 2. The fraction of sp³-hybridized carbons (Fsp3) is 0.333. The second kappa shape index (κ2) is 5.68. The van der Waals surface area contributed by atoms with Gasteiger partial charge >= 0.3 is 0 Å². The molecule has 18 heavy (non-hydrogen) atoms. The van der Waals surface area contributed by atoms with Crippen molar-refractivity contribution in [1.29, 1.82) is 0 Å². The highest BCUT2D eigenvalue weighted by Crippen LogP contribution is 2.25. The number of ether oxygens (including phenoxy) is 2. The molecule has 0 spiro atoms. The SMILES string of the molecule is COc1ccc(OC)c(CNc2nnc(C)s2)c1. The zero-order chi connectivity index (χ0) is 13.0. The summed E-state index contributed by atoms with van der Waals surface area (Å²) in [6.07, 6.45) is 0. The molecule has 0 radical (unpaired) electrons. The van der Waals surface area contributed by atoms with Gasteiger partial charge in [0.1, 0.15) is 16.5 Å². The highest BCUT2D eigenvalue weighted by Gasteiger charge is 2.06. The molecule has 0 atom stereocenters. The first-order chi connectivity index (χ1) is 8.72. The number of rotatable bonds is 5. The van der Waals surface area contributed by atoms with Gasteiger partial charge in [0.05, 0.1) is 14.2 Å². The van der Waals surface area contributed by atoms with Crippen molar-refractivity contribution >= 4 is 16.5 Å². The van der Waals surface area contributed by atoms with Gasteiger partial charge in [-0.05, 0) is 25.1 Å². The maximum absolute atomic E-state index is 5.31. The fourth-order valence-electron chi connectivity index (χ4n) is 1.56. The molecule has 0 unspecified atom stereocenters. The van der Waals surface area contributed by atoms with Crippen LogP contribution in [0.4, 0.5) is 5.13 Å². The van der Waals surface area contributed by atoms with E-state index in [0.29, 0.717) is 6.54 Å². The average molecular weight is 265 g/mol. The lowest BCUT2D eigenvalue weighted by molar-refractivity contribution is 0.399. The minimum atomic E-state index is 0.620. The van der Waals surface area contributed by atoms with Crippen LogP contribution in [0.15, 0.2) is 18.2 Å². The monoisotopic (exact) mass is 265 g/mol. The van der Waals surface area contributed by atoms with Gasteiger partial charge < -0.3 is 14.8 Å². The molecular formula is C12H15N3O2S. The Morgan fingerprint density at radius 3 is 2.67 bits per heavy atom. The molecule has 0 aliphatic heterocycles. The van der Waals surface area contributed by atoms with E-state index in [0.717, 1.165) is 27.2 Å². The van der Waals surface area contributed by atoms with Crippen LogP contribution in [0.25, 0.3) is 0 Å². The van der Waals surface area contributed by atoms with Gasteiger partial charge in [-0.2, -0.15) is 0 Å². The van der Waals surface area contributed by atoms with Crippen LogP contribution in [-0.2, 0) is 6.54 Å². The van der Waals surface area contributed by atoms with Crippen LogP contribution < -0.4 is 14.8 Å². The second-order valence-corrected chi connectivity index (χ2v) is 4.84. The zero-order valence-corrected chi connectivity index (χ0v) is 11.4. The molecule has 2 aromatic rings. The standard InChI is InChI=1S/C12H15N3O2S/c1-8-14-15-12(18-8)13-7-9-6-10(16-2)4-5-11(9)17-3/h4-6H,7H2,1-3H3,(H,13,15). The molecule has 0 amide bonds. The summed E-state index contributed by atoms with van der Waals surface area (Å²) in [5.74, 6) is 1.63. The summed E-state index contributed by atoms with van der Waals surface area (Å²) in [5, 5.41) is 12.9. The largest absolute Gasteiger partial charge is 0.497 e. The van der Waals surface area contributed by atoms with Gasteiger partial charge in [-0.3, -0.25) is 0 Å². The smallest absolute Gasteiger partial charge is 0.205 e. The lowest BCUT2D eigenvalue weighted by Gasteiger charge is -2.10. The van der Waals surface area contributed by atoms with Crippen LogP contribution in [0.3, 0.4) is 0 Å². The van der Waals surface area contributed by atoms with Crippen LogP contribution in [0.2, 0.25) is 0 Å². The molecule has 96 valence electrons. The van der Waals surface area contributed by atoms with E-state index in [2.05, 4.69) is 15.5 Å². The van der Waals surface area contributed by atoms with Crippen molar-refractivity contribution in [3.63, 3.8) is 0 Å². The van der Waals surface area contributed by atoms with E-state index >= 15 is 0 Å². The van der Waals surface area contributed by atoms with Crippen molar-refractivity contribution in [2.24, 2.45) is 0 Å². The maximum Gasteiger partial charge on any atom is 0.205 e. The Balaban J connectivity index is 2.11. The first kappa shape index (κ1) is 12.6. The molecule has 0 aliphatic carbocycles. The van der Waals surface area contributed by atoms with Crippen molar-refractivity contribution < 1.29 is 9.47 Å². The van der Waals surface area contributed by atoms with E-state index in [1.54, 1.807) is 14.2 Å². The van der Waals surface area contributed by atoms with E-state index in [-0.39, 0.29) is 0 Å². The molecule has 1 aromatic heterocycles. The summed E-state index contributed by atoms with van der Waals surface area (Å²) in [7, 11) is 3.30. The van der Waals surface area contributed by atoms with Gasteiger partial charge in [0.15, 0.2) is 0 Å². The zero-order valence-electron chi connectivity index (χ0n) is 10.6. The Morgan fingerprint density at radius 2 is 2.06 bits per heavy atom. The number of nitrogens with zero attached hydrogens (tertiary/aromatic N) is 2. The predicted octanol–water partition coefficient (Wildman–Crippen LogP) is 2.48. The van der Waals surface area contributed by atoms with Crippen molar-refractivity contribution in [2.75, 3.05) is 19.5 Å². The number of aryl methyl sites for hydroxylation is 1. The third-order valence-electron chi connectivity index (χ3n) is 2.44. The lowest BCUT2D eigenvalue weighted by atomic mass is 10.2. The minimum absolute atomic E-state index is 0.620. The summed E-state index contributed by atoms with van der Waals surface area (Å²) < 4.78 is 10.5. The van der Waals surface area contributed by atoms with Crippen molar-refractivity contribution in [1.82, 2.24) is 10.2 Å². The molecule has 0 saturated heterocycles. The van der Waals surface area contributed by atoms with Crippen LogP contribution in [0.5, 0.6) is 11.5 Å². The number of nitrogens with one attached hydrogen (secondary N) is 1. The first-order valence-corrected chi connectivity index (χ1v) is 6.29. The number of hydrogen-bond acceptors (Lipinski definition) is 6. The fourth-order valence-corrected chi connectivity index (χ4v) is 2.15. The molecule has 6 heteroatoms. The highest BCUT2D eigenvalue weighted by molar-refractivity contribution is 7.15. The van der Waals surface area contributed by atoms with Gasteiger partial charge in [-0.25, -0.2) is 0 Å². The maximum atomic E-state index is 5.31. The quantitative estimate of drug-likeness (QED) is 0.900. The van der Waals surface area contributed by atoms with Crippen LogP contribution in [0.1, 0.15) is 10.6 Å². The molecule has 5 nitrogen and oxygen atoms in total. The van der Waals surface area contributed by atoms with Gasteiger partial charge in [0.2, 0.25) is 5.13 Å². The van der Waals surface area contributed by atoms with Gasteiger partial charge in [-0.15, -0.1) is 10.2 Å². The molecule has 0 bridgehead atoms. The molecule has 1 N–H and O–H groups in total. The number of aromatic nitrogens is 2. The molecule has 0 fully saturated rings. The van der Waals surface area contributed by atoms with E-state index in [9.17, 15) is 0 Å². The van der Waals surface area contributed by atoms with E-state index in [1.807, 2.05) is 25.1 Å². The van der Waals surface area contributed by atoms with Crippen molar-refractivity contribution in [2.45, 2.75) is 13.5 Å². The van der Waals surface area contributed by atoms with Gasteiger partial charge in [0.25, 0.3) is 0 Å². The average Bonchev–Trinajstić information content (AvgIpc) is 2.81. The third kappa shape index (κ3) is 2.89. The molecule has 0 aliphatic rings. The molecule has 0 saturated carbocycles. The lowest BCUT2D eigenvalue weighted by Crippen LogP contribution is -2.02. The second-order valence-electron chi connectivity index (χ2n) is 3.66. The van der Waals surface area contributed by atoms with Gasteiger partial charge in [-0.1, -0.05) is 11.3 Å². The number of anilines is 1. The summed E-state index contributed by atoms with van der Waals surface area (Å²) in [6, 6.07) is 5.71. The number of hydrogen-bond donors (Lipinski definition) is 1. The van der Waals surface area contributed by atoms with Crippen LogP contribution in [0, 0.1) is 6.92 Å². The summed E-state index contributed by atoms with van der Waals surface area (Å²) >= 11 is 1.52. The molecule has 1 heterocycles. The summed E-state index contributed by atoms with van der Waals surface area (Å²) in [5.41, 5.74) is 1.02. The Hall–Kier alpha value is -1.82. The van der Waals surface area contributed by atoms with Crippen LogP contribution >= 0.6 is 11.3 Å². The highest BCUT2D eigenvalue weighted by atomic mass is 32.1. The normalized spacial score (nSPS) is 10.2. The third-order valence-corrected chi connectivity index (χ3v) is 3.24. The first-order valence-electron chi connectivity index (χ1n) is 5.48. The van der Waals surface area contributed by atoms with E-state index in [4.69, 9.17) is 9.47 Å². The molecule has 2 rings (SSSR count). The van der Waals surface area contributed by atoms with Crippen LogP contribution in [-0.4, -0.2) is 24.4 Å². The predicted molar refractivity (Wildman–Crippen MR) is 71.5 cm³/mol. The number of benzene rings is 1. The van der Waals surface area contributed by atoms with Crippen molar-refractivity contribution in [3.05, 3.63) is 28.8 Å². The minimum Gasteiger partial charge on any atom is -0.497 e.